The summed E-state index contributed by atoms with van der Waals surface area (Å²) in [5.41, 5.74) is 4.06. The highest BCUT2D eigenvalue weighted by Crippen LogP contribution is 2.28. The normalized spacial score (nSPS) is 13.9. The first-order chi connectivity index (χ1) is 14.0. The fraction of sp³-hybridized carbons (Fsp3) is 0.391. The summed E-state index contributed by atoms with van der Waals surface area (Å²) in [4.78, 5) is 27.8. The Morgan fingerprint density at radius 2 is 1.66 bits per heavy atom. The molecule has 3 rings (SSSR count). The van der Waals surface area contributed by atoms with Gasteiger partial charge in [0.25, 0.3) is 0 Å². The highest BCUT2D eigenvalue weighted by Gasteiger charge is 2.23. The van der Waals surface area contributed by atoms with Gasteiger partial charge in [-0.2, -0.15) is 0 Å². The number of hydrogen-bond donors (Lipinski definition) is 0. The number of para-hydroxylation sites is 2. The molecular weight excluding hydrogens is 368 g/mol. The molecule has 1 aliphatic rings. The zero-order valence-electron chi connectivity index (χ0n) is 17.3. The topological polar surface area (TPSA) is 59.1 Å². The maximum Gasteiger partial charge on any atom is 0.226 e. The third-order valence-corrected chi connectivity index (χ3v) is 5.24. The number of methoxy groups -OCH3 is 1. The average Bonchev–Trinajstić information content (AvgIpc) is 2.74. The van der Waals surface area contributed by atoms with Crippen LogP contribution in [0.5, 0.6) is 11.5 Å². The van der Waals surface area contributed by atoms with Gasteiger partial charge in [-0.1, -0.05) is 12.1 Å². The monoisotopic (exact) mass is 396 g/mol. The number of piperazine rings is 1. The lowest BCUT2D eigenvalue weighted by Gasteiger charge is -2.37. The number of hydrogen-bond acceptors (Lipinski definition) is 5. The molecule has 6 heteroatoms. The summed E-state index contributed by atoms with van der Waals surface area (Å²) >= 11 is 0. The fourth-order valence-corrected chi connectivity index (χ4v) is 3.88. The van der Waals surface area contributed by atoms with Crippen LogP contribution in [0.15, 0.2) is 36.4 Å². The summed E-state index contributed by atoms with van der Waals surface area (Å²) < 4.78 is 11.0. The summed E-state index contributed by atoms with van der Waals surface area (Å²) in [6.07, 6.45) is 1.22. The summed E-state index contributed by atoms with van der Waals surface area (Å²) in [5.74, 6) is 1.42. The molecule has 0 N–H and O–H groups in total. The van der Waals surface area contributed by atoms with Gasteiger partial charge in [0.1, 0.15) is 6.29 Å². The summed E-state index contributed by atoms with van der Waals surface area (Å²) in [6, 6.07) is 11.3. The van der Waals surface area contributed by atoms with Crippen molar-refractivity contribution in [3.8, 4) is 11.5 Å². The number of ether oxygens (including phenoxy) is 2. The van der Waals surface area contributed by atoms with Crippen LogP contribution in [0.4, 0.5) is 5.69 Å². The minimum atomic E-state index is 0.101. The van der Waals surface area contributed by atoms with Crippen molar-refractivity contribution in [3.05, 3.63) is 53.1 Å². The second-order valence-electron chi connectivity index (χ2n) is 7.24. The Hall–Kier alpha value is -3.02. The molecule has 29 heavy (non-hydrogen) atoms. The summed E-state index contributed by atoms with van der Waals surface area (Å²) in [6.45, 7) is 7.31. The number of aldehydes is 1. The number of rotatable bonds is 7. The number of amides is 1. The Morgan fingerprint density at radius 3 is 2.24 bits per heavy atom. The van der Waals surface area contributed by atoms with Crippen molar-refractivity contribution in [1.29, 1.82) is 0 Å². The van der Waals surface area contributed by atoms with E-state index < -0.39 is 0 Å². The maximum atomic E-state index is 12.6. The zero-order chi connectivity index (χ0) is 20.8. The number of carbonyl (C=O) groups is 2. The molecule has 6 nitrogen and oxygen atoms in total. The van der Waals surface area contributed by atoms with Crippen LogP contribution in [0.25, 0.3) is 0 Å². The third kappa shape index (κ3) is 4.88. The van der Waals surface area contributed by atoms with E-state index in [0.29, 0.717) is 43.2 Å². The quantitative estimate of drug-likeness (QED) is 0.673. The van der Waals surface area contributed by atoms with Crippen LogP contribution < -0.4 is 14.4 Å². The van der Waals surface area contributed by atoms with E-state index in [4.69, 9.17) is 9.47 Å². The molecule has 1 aliphatic heterocycles. The predicted molar refractivity (Wildman–Crippen MR) is 113 cm³/mol. The predicted octanol–water partition coefficient (Wildman–Crippen LogP) is 3.24. The molecule has 2 aromatic carbocycles. The minimum Gasteiger partial charge on any atom is -0.493 e. The van der Waals surface area contributed by atoms with E-state index in [1.165, 1.54) is 5.69 Å². The van der Waals surface area contributed by atoms with E-state index in [2.05, 4.69) is 4.90 Å². The van der Waals surface area contributed by atoms with Gasteiger partial charge in [-0.3, -0.25) is 9.59 Å². The lowest BCUT2D eigenvalue weighted by Crippen LogP contribution is -2.49. The van der Waals surface area contributed by atoms with Crippen LogP contribution >= 0.6 is 0 Å². The standard InChI is InChI=1S/C23H28N2O4/c1-17-14-19(16-26)15-18(2)23(17)25-11-9-24(10-12-25)22(27)8-13-29-21-7-5-4-6-20(21)28-3/h4-7,14-16H,8-13H2,1-3H3. The van der Waals surface area contributed by atoms with Crippen LogP contribution in [0, 0.1) is 13.8 Å². The van der Waals surface area contributed by atoms with Gasteiger partial charge in [0.05, 0.1) is 20.1 Å². The second-order valence-corrected chi connectivity index (χ2v) is 7.24. The minimum absolute atomic E-state index is 0.101. The highest BCUT2D eigenvalue weighted by molar-refractivity contribution is 5.79. The molecule has 0 unspecified atom stereocenters. The van der Waals surface area contributed by atoms with Gasteiger partial charge in [0.15, 0.2) is 11.5 Å². The number of benzene rings is 2. The van der Waals surface area contributed by atoms with E-state index >= 15 is 0 Å². The van der Waals surface area contributed by atoms with Crippen LogP contribution in [0.1, 0.15) is 27.9 Å². The molecule has 1 heterocycles. The van der Waals surface area contributed by atoms with Crippen molar-refractivity contribution in [2.45, 2.75) is 20.3 Å². The van der Waals surface area contributed by atoms with Crippen LogP contribution in [0.3, 0.4) is 0 Å². The zero-order valence-corrected chi connectivity index (χ0v) is 17.3. The van der Waals surface area contributed by atoms with Gasteiger partial charge in [-0.05, 0) is 49.2 Å². The Labute approximate surface area is 172 Å². The molecule has 0 aliphatic carbocycles. The Kier molecular flexibility index (Phi) is 6.75. The van der Waals surface area contributed by atoms with E-state index in [1.807, 2.05) is 55.1 Å². The molecule has 154 valence electrons. The molecule has 1 fully saturated rings. The van der Waals surface area contributed by atoms with E-state index in [9.17, 15) is 9.59 Å². The van der Waals surface area contributed by atoms with Gasteiger partial charge < -0.3 is 19.3 Å². The first kappa shape index (κ1) is 20.7. The van der Waals surface area contributed by atoms with Gasteiger partial charge >= 0.3 is 0 Å². The van der Waals surface area contributed by atoms with Crippen LogP contribution in [-0.2, 0) is 4.79 Å². The van der Waals surface area contributed by atoms with Gasteiger partial charge in [0, 0.05) is 37.4 Å². The van der Waals surface area contributed by atoms with Gasteiger partial charge in [0.2, 0.25) is 5.91 Å². The molecule has 0 saturated carbocycles. The Bertz CT molecular complexity index is 850. The SMILES string of the molecule is COc1ccccc1OCCC(=O)N1CCN(c2c(C)cc(C=O)cc2C)CC1. The molecule has 0 spiro atoms. The van der Waals surface area contributed by atoms with Crippen LogP contribution in [-0.4, -0.2) is 57.0 Å². The maximum absolute atomic E-state index is 12.6. The molecule has 1 amide bonds. The molecule has 2 aromatic rings. The Balaban J connectivity index is 1.51. The highest BCUT2D eigenvalue weighted by atomic mass is 16.5. The summed E-state index contributed by atoms with van der Waals surface area (Å²) in [7, 11) is 1.60. The van der Waals surface area contributed by atoms with Gasteiger partial charge in [-0.15, -0.1) is 0 Å². The van der Waals surface area contributed by atoms with E-state index in [0.717, 1.165) is 30.5 Å². The molecular formula is C23H28N2O4. The smallest absolute Gasteiger partial charge is 0.226 e. The van der Waals surface area contributed by atoms with E-state index in [-0.39, 0.29) is 5.91 Å². The van der Waals surface area contributed by atoms with Crippen molar-refractivity contribution in [2.75, 3.05) is 44.8 Å². The lowest BCUT2D eigenvalue weighted by atomic mass is 10.0. The van der Waals surface area contributed by atoms with Crippen molar-refractivity contribution in [3.63, 3.8) is 0 Å². The molecule has 0 bridgehead atoms. The number of carbonyl (C=O) groups excluding carboxylic acids is 2. The molecule has 0 radical (unpaired) electrons. The van der Waals surface area contributed by atoms with Gasteiger partial charge in [-0.25, -0.2) is 0 Å². The third-order valence-electron chi connectivity index (χ3n) is 5.24. The summed E-state index contributed by atoms with van der Waals surface area (Å²) in [5, 5.41) is 0. The van der Waals surface area contributed by atoms with Crippen molar-refractivity contribution >= 4 is 17.9 Å². The van der Waals surface area contributed by atoms with E-state index in [1.54, 1.807) is 7.11 Å². The number of aryl methyl sites for hydroxylation is 2. The lowest BCUT2D eigenvalue weighted by molar-refractivity contribution is -0.132. The Morgan fingerprint density at radius 1 is 1.03 bits per heavy atom. The fourth-order valence-electron chi connectivity index (χ4n) is 3.88. The largest absolute Gasteiger partial charge is 0.493 e. The first-order valence-electron chi connectivity index (χ1n) is 9.88. The molecule has 0 atom stereocenters. The second kappa shape index (κ2) is 9.45. The van der Waals surface area contributed by atoms with Crippen molar-refractivity contribution < 1.29 is 19.1 Å². The van der Waals surface area contributed by atoms with Crippen molar-refractivity contribution in [1.82, 2.24) is 4.90 Å². The van der Waals surface area contributed by atoms with Crippen LogP contribution in [0.2, 0.25) is 0 Å². The molecule has 0 aromatic heterocycles. The number of anilines is 1. The van der Waals surface area contributed by atoms with Crippen molar-refractivity contribution in [2.24, 2.45) is 0 Å². The molecule has 1 saturated heterocycles. The first-order valence-corrected chi connectivity index (χ1v) is 9.88. The number of nitrogens with zero attached hydrogens (tertiary/aromatic N) is 2. The average molecular weight is 396 g/mol.